The zero-order chi connectivity index (χ0) is 30.1. The number of anilines is 1. The van der Waals surface area contributed by atoms with Crippen LogP contribution in [0.2, 0.25) is 0 Å². The maximum absolute atomic E-state index is 13.2. The van der Waals surface area contributed by atoms with Gasteiger partial charge in [-0.25, -0.2) is 18.8 Å². The molecule has 1 rings (SSSR count). The average molecular weight is 557 g/mol. The van der Waals surface area contributed by atoms with E-state index in [1.54, 1.807) is 6.92 Å². The maximum atomic E-state index is 13.2. The van der Waals surface area contributed by atoms with Gasteiger partial charge in [0.2, 0.25) is 0 Å². The number of hydrogen-bond donors (Lipinski definition) is 3. The van der Waals surface area contributed by atoms with Crippen LogP contribution in [0, 0.1) is 11.8 Å². The molecule has 1 heterocycles. The van der Waals surface area contributed by atoms with E-state index in [2.05, 4.69) is 54.9 Å². The average Bonchev–Trinajstić information content (AvgIpc) is 2.86. The van der Waals surface area contributed by atoms with Crippen LogP contribution in [-0.2, 0) is 0 Å². The molecule has 0 amide bonds. The quantitative estimate of drug-likeness (QED) is 0.133. The fourth-order valence-corrected chi connectivity index (χ4v) is 2.59. The lowest BCUT2D eigenvalue weighted by atomic mass is 9.98. The van der Waals surface area contributed by atoms with E-state index in [0.29, 0.717) is 36.1 Å². The first-order chi connectivity index (χ1) is 18.3. The van der Waals surface area contributed by atoms with Gasteiger partial charge >= 0.3 is 6.61 Å². The molecule has 0 aliphatic rings. The first kappa shape index (κ1) is 35.6. The van der Waals surface area contributed by atoms with Gasteiger partial charge < -0.3 is 21.5 Å². The summed E-state index contributed by atoms with van der Waals surface area (Å²) in [6.45, 7) is 12.7. The SMILES string of the molecule is CC/C(C)=C(N)/C=C(\N=C(/C)C(F)F)Nc1cc(OC(F)F)c(/C(C=NCC(C)C(C)C)=C/N)cn1.CCC. The predicted octanol–water partition coefficient (Wildman–Crippen LogP) is 7.38. The number of nitrogens with two attached hydrogens (primary N) is 2. The molecule has 5 N–H and O–H groups in total. The summed E-state index contributed by atoms with van der Waals surface area (Å²) < 4.78 is 57.2. The number of aliphatic imine (C=N–C) groups is 2. The highest BCUT2D eigenvalue weighted by Crippen LogP contribution is 2.29. The van der Waals surface area contributed by atoms with Crippen molar-refractivity contribution in [2.45, 2.75) is 81.3 Å². The fraction of sp³-hybridized carbons (Fsp3) is 0.536. The van der Waals surface area contributed by atoms with E-state index >= 15 is 0 Å². The van der Waals surface area contributed by atoms with E-state index in [9.17, 15) is 17.6 Å². The second-order valence-electron chi connectivity index (χ2n) is 9.29. The molecule has 0 radical (unpaired) electrons. The van der Waals surface area contributed by atoms with Gasteiger partial charge in [-0.3, -0.25) is 4.99 Å². The molecule has 0 saturated carbocycles. The van der Waals surface area contributed by atoms with Crippen LogP contribution in [0.15, 0.2) is 51.6 Å². The van der Waals surface area contributed by atoms with Crippen LogP contribution >= 0.6 is 0 Å². The lowest BCUT2D eigenvalue weighted by molar-refractivity contribution is -0.0500. The number of allylic oxidation sites excluding steroid dienone is 3. The fourth-order valence-electron chi connectivity index (χ4n) is 2.59. The molecule has 1 atom stereocenters. The molecule has 0 aliphatic carbocycles. The van der Waals surface area contributed by atoms with E-state index in [-0.39, 0.29) is 23.0 Å². The number of hydrogen-bond acceptors (Lipinski definition) is 7. The minimum Gasteiger partial charge on any atom is -0.434 e. The third-order valence-electron chi connectivity index (χ3n) is 5.52. The van der Waals surface area contributed by atoms with Gasteiger partial charge in [0.05, 0.1) is 5.71 Å². The van der Waals surface area contributed by atoms with E-state index in [4.69, 9.17) is 16.2 Å². The topological polar surface area (TPSA) is 111 Å². The Balaban J connectivity index is 0.00000458. The Kier molecular flexibility index (Phi) is 17.2. The van der Waals surface area contributed by atoms with Crippen LogP contribution in [0.1, 0.15) is 73.8 Å². The van der Waals surface area contributed by atoms with Crippen molar-refractivity contribution in [3.05, 3.63) is 47.2 Å². The van der Waals surface area contributed by atoms with Crippen molar-refractivity contribution in [3.63, 3.8) is 0 Å². The molecule has 39 heavy (non-hydrogen) atoms. The molecule has 0 aliphatic heterocycles. The monoisotopic (exact) mass is 556 g/mol. The molecule has 1 aromatic heterocycles. The van der Waals surface area contributed by atoms with Crippen LogP contribution in [-0.4, -0.2) is 36.5 Å². The van der Waals surface area contributed by atoms with Crippen molar-refractivity contribution in [2.24, 2.45) is 33.3 Å². The third kappa shape index (κ3) is 13.8. The molecular weight excluding hydrogens is 512 g/mol. The highest BCUT2D eigenvalue weighted by Gasteiger charge is 2.16. The third-order valence-corrected chi connectivity index (χ3v) is 5.52. The number of pyridine rings is 1. The second kappa shape index (κ2) is 18.8. The van der Waals surface area contributed by atoms with E-state index in [1.807, 2.05) is 6.92 Å². The Morgan fingerprint density at radius 3 is 2.23 bits per heavy atom. The van der Waals surface area contributed by atoms with E-state index in [1.165, 1.54) is 37.2 Å². The minimum atomic E-state index is -3.13. The summed E-state index contributed by atoms with van der Waals surface area (Å²) in [5, 5.41) is 2.75. The lowest BCUT2D eigenvalue weighted by Crippen LogP contribution is -2.11. The number of ether oxygens (including phenoxy) is 1. The van der Waals surface area contributed by atoms with Gasteiger partial charge in [0, 0.05) is 54.1 Å². The Hall–Kier alpha value is -3.37. The molecule has 11 heteroatoms. The van der Waals surface area contributed by atoms with Crippen molar-refractivity contribution in [3.8, 4) is 5.75 Å². The second-order valence-corrected chi connectivity index (χ2v) is 9.29. The van der Waals surface area contributed by atoms with E-state index in [0.717, 1.165) is 12.5 Å². The molecule has 0 bridgehead atoms. The summed E-state index contributed by atoms with van der Waals surface area (Å²) in [4.78, 5) is 12.4. The van der Waals surface area contributed by atoms with Crippen LogP contribution in [0.4, 0.5) is 23.4 Å². The number of alkyl halides is 4. The van der Waals surface area contributed by atoms with Crippen molar-refractivity contribution < 1.29 is 22.3 Å². The molecule has 1 aromatic rings. The molecule has 0 fully saturated rings. The summed E-state index contributed by atoms with van der Waals surface area (Å²) in [5.74, 6) is 0.475. The number of aromatic nitrogens is 1. The summed E-state index contributed by atoms with van der Waals surface area (Å²) in [5.41, 5.74) is 12.9. The summed E-state index contributed by atoms with van der Waals surface area (Å²) >= 11 is 0. The zero-order valence-electron chi connectivity index (χ0n) is 24.2. The Morgan fingerprint density at radius 1 is 1.13 bits per heavy atom. The lowest BCUT2D eigenvalue weighted by Gasteiger charge is -2.15. The number of rotatable bonds is 13. The van der Waals surface area contributed by atoms with Crippen molar-refractivity contribution in [1.29, 1.82) is 0 Å². The highest BCUT2D eigenvalue weighted by molar-refractivity contribution is 6.10. The van der Waals surface area contributed by atoms with Gasteiger partial charge in [0.15, 0.2) is 0 Å². The predicted molar refractivity (Wildman–Crippen MR) is 154 cm³/mol. The molecule has 0 saturated heterocycles. The largest absolute Gasteiger partial charge is 0.434 e. The van der Waals surface area contributed by atoms with Gasteiger partial charge in [-0.15, -0.1) is 0 Å². The van der Waals surface area contributed by atoms with Crippen molar-refractivity contribution >= 4 is 23.3 Å². The smallest absolute Gasteiger partial charge is 0.387 e. The molecule has 1 unspecified atom stereocenters. The molecule has 220 valence electrons. The molecule has 0 aromatic carbocycles. The normalized spacial score (nSPS) is 14.5. The van der Waals surface area contributed by atoms with Gasteiger partial charge in [-0.2, -0.15) is 8.78 Å². The number of halogens is 4. The van der Waals surface area contributed by atoms with Crippen molar-refractivity contribution in [2.75, 3.05) is 11.9 Å². The Bertz CT molecular complexity index is 1030. The first-order valence-electron chi connectivity index (χ1n) is 12.9. The van der Waals surface area contributed by atoms with Crippen LogP contribution in [0.25, 0.3) is 5.57 Å². The maximum Gasteiger partial charge on any atom is 0.387 e. The standard InChI is InChI=1S/C25H36F4N6O.C3H8/c1-7-15(4)20(31)8-23(34-17(6)24(26)27)35-22-9-21(36-25(28)29)19(13-33-22)18(10-30)12-32-11-16(5)14(2)3;1-3-2/h8-10,12-14,16,24-25H,7,11,30-31H2,1-6H3,(H,33,35);3H2,1-2H3/b18-10+,20-15-,23-8+,32-12?,34-17+;. The Labute approximate surface area is 230 Å². The van der Waals surface area contributed by atoms with Gasteiger partial charge in [-0.1, -0.05) is 53.5 Å². The van der Waals surface area contributed by atoms with E-state index < -0.39 is 18.7 Å². The van der Waals surface area contributed by atoms with Gasteiger partial charge in [0.1, 0.15) is 17.4 Å². The van der Waals surface area contributed by atoms with Crippen LogP contribution < -0.4 is 21.5 Å². The number of nitrogens with zero attached hydrogens (tertiary/aromatic N) is 3. The van der Waals surface area contributed by atoms with Crippen LogP contribution in [0.5, 0.6) is 5.75 Å². The van der Waals surface area contributed by atoms with Gasteiger partial charge in [-0.05, 0) is 32.1 Å². The Morgan fingerprint density at radius 2 is 1.74 bits per heavy atom. The van der Waals surface area contributed by atoms with Crippen LogP contribution in [0.3, 0.4) is 0 Å². The first-order valence-corrected chi connectivity index (χ1v) is 12.9. The summed E-state index contributed by atoms with van der Waals surface area (Å²) in [6.07, 6.45) is 4.43. The molecule has 7 nitrogen and oxygen atoms in total. The summed E-state index contributed by atoms with van der Waals surface area (Å²) in [7, 11) is 0. The molecular formula is C28H44F4N6O. The highest BCUT2D eigenvalue weighted by atomic mass is 19.3. The van der Waals surface area contributed by atoms with Gasteiger partial charge in [0.25, 0.3) is 6.43 Å². The zero-order valence-corrected chi connectivity index (χ0v) is 24.2. The van der Waals surface area contributed by atoms with Crippen molar-refractivity contribution in [1.82, 2.24) is 4.98 Å². The minimum absolute atomic E-state index is 0.0233. The number of nitrogens with one attached hydrogen (secondary N) is 1. The summed E-state index contributed by atoms with van der Waals surface area (Å²) in [6, 6.07) is 1.20. The molecule has 0 spiro atoms.